The fraction of sp³-hybridized carbons (Fsp3) is 0.500. The van der Waals surface area contributed by atoms with Crippen molar-refractivity contribution in [3.8, 4) is 11.9 Å². The Kier molecular flexibility index (Phi) is 6.58. The van der Waals surface area contributed by atoms with Gasteiger partial charge in [0.05, 0.1) is 5.56 Å². The number of hydrogen-bond donors (Lipinski definition) is 0. The van der Waals surface area contributed by atoms with Crippen molar-refractivity contribution in [2.24, 2.45) is 0 Å². The van der Waals surface area contributed by atoms with Crippen molar-refractivity contribution in [1.82, 2.24) is 9.88 Å². The predicted molar refractivity (Wildman–Crippen MR) is 86.6 cm³/mol. The lowest BCUT2D eigenvalue weighted by Crippen LogP contribution is -2.40. The second-order valence-corrected chi connectivity index (χ2v) is 6.24. The van der Waals surface area contributed by atoms with Crippen molar-refractivity contribution in [3.05, 3.63) is 36.5 Å². The zero-order valence-electron chi connectivity index (χ0n) is 12.2. The summed E-state index contributed by atoms with van der Waals surface area (Å²) in [4.78, 5) is 6.65. The van der Waals surface area contributed by atoms with Gasteiger partial charge in [-0.1, -0.05) is 6.08 Å². The van der Waals surface area contributed by atoms with Crippen LogP contribution in [0.2, 0.25) is 0 Å². The van der Waals surface area contributed by atoms with Crippen molar-refractivity contribution < 1.29 is 4.74 Å². The van der Waals surface area contributed by atoms with Gasteiger partial charge in [0.25, 0.3) is 0 Å². The molecule has 0 saturated carbocycles. The summed E-state index contributed by atoms with van der Waals surface area (Å²) >= 11 is 2.01. The lowest BCUT2D eigenvalue weighted by atomic mass is 10.2. The predicted octanol–water partition coefficient (Wildman–Crippen LogP) is 2.72. The normalized spacial score (nSPS) is 16.9. The number of nitriles is 1. The highest BCUT2D eigenvalue weighted by atomic mass is 32.2. The summed E-state index contributed by atoms with van der Waals surface area (Å²) in [6.45, 7) is 6.96. The largest absolute Gasteiger partial charge is 0.473 e. The van der Waals surface area contributed by atoms with Gasteiger partial charge in [-0.05, 0) is 18.9 Å². The Bertz CT molecular complexity index is 477. The number of rotatable bonds is 7. The first-order chi connectivity index (χ1) is 10.3. The number of nitrogens with zero attached hydrogens (tertiary/aromatic N) is 3. The number of thioether (sulfide) groups is 1. The zero-order chi connectivity index (χ0) is 14.9. The minimum atomic E-state index is 0.117. The summed E-state index contributed by atoms with van der Waals surface area (Å²) in [5, 5.41) is 8.79. The van der Waals surface area contributed by atoms with Crippen LogP contribution in [0, 0.1) is 11.3 Å². The van der Waals surface area contributed by atoms with Gasteiger partial charge in [0.2, 0.25) is 5.88 Å². The molecule has 5 heteroatoms. The third-order valence-electron chi connectivity index (χ3n) is 3.41. The van der Waals surface area contributed by atoms with E-state index in [9.17, 15) is 0 Å². The molecule has 112 valence electrons. The van der Waals surface area contributed by atoms with E-state index in [-0.39, 0.29) is 6.10 Å². The van der Waals surface area contributed by atoms with Crippen LogP contribution in [0.4, 0.5) is 0 Å². The minimum Gasteiger partial charge on any atom is -0.473 e. The number of pyridine rings is 1. The SMILES string of the molecule is C=CCC[C@@H](CN1CCSCC1)Oc1ccc(C#N)cn1. The second-order valence-electron chi connectivity index (χ2n) is 5.02. The van der Waals surface area contributed by atoms with Crippen molar-refractivity contribution >= 4 is 11.8 Å². The Morgan fingerprint density at radius 2 is 2.29 bits per heavy atom. The minimum absolute atomic E-state index is 0.117. The molecule has 1 aromatic heterocycles. The molecule has 1 atom stereocenters. The van der Waals surface area contributed by atoms with Gasteiger partial charge in [-0.15, -0.1) is 6.58 Å². The molecule has 0 bridgehead atoms. The molecule has 1 aliphatic heterocycles. The number of ether oxygens (including phenoxy) is 1. The van der Waals surface area contributed by atoms with Crippen molar-refractivity contribution in [1.29, 1.82) is 5.26 Å². The third kappa shape index (κ3) is 5.41. The van der Waals surface area contributed by atoms with Crippen molar-refractivity contribution in [2.45, 2.75) is 18.9 Å². The van der Waals surface area contributed by atoms with Crippen LogP contribution in [0.5, 0.6) is 5.88 Å². The fourth-order valence-electron chi connectivity index (χ4n) is 2.25. The smallest absolute Gasteiger partial charge is 0.213 e. The molecule has 0 spiro atoms. The van der Waals surface area contributed by atoms with E-state index in [4.69, 9.17) is 10.00 Å². The molecule has 4 nitrogen and oxygen atoms in total. The first-order valence-electron chi connectivity index (χ1n) is 7.25. The maximum Gasteiger partial charge on any atom is 0.213 e. The van der Waals surface area contributed by atoms with E-state index in [1.54, 1.807) is 18.3 Å². The lowest BCUT2D eigenvalue weighted by Gasteiger charge is -2.30. The van der Waals surface area contributed by atoms with Crippen LogP contribution in [-0.2, 0) is 0 Å². The summed E-state index contributed by atoms with van der Waals surface area (Å²) in [5.41, 5.74) is 0.554. The highest BCUT2D eigenvalue weighted by molar-refractivity contribution is 7.99. The molecule has 0 amide bonds. The van der Waals surface area contributed by atoms with Crippen molar-refractivity contribution in [3.63, 3.8) is 0 Å². The van der Waals surface area contributed by atoms with Crippen LogP contribution in [0.15, 0.2) is 31.0 Å². The maximum atomic E-state index is 8.79. The lowest BCUT2D eigenvalue weighted by molar-refractivity contribution is 0.127. The average Bonchev–Trinajstić information content (AvgIpc) is 2.54. The molecule has 2 heterocycles. The number of allylic oxidation sites excluding steroid dienone is 1. The molecule has 0 N–H and O–H groups in total. The van der Waals surface area contributed by atoms with Crippen LogP contribution in [0.3, 0.4) is 0 Å². The van der Waals surface area contributed by atoms with Gasteiger partial charge in [-0.25, -0.2) is 4.98 Å². The van der Waals surface area contributed by atoms with Crippen LogP contribution < -0.4 is 4.74 Å². The summed E-state index contributed by atoms with van der Waals surface area (Å²) < 4.78 is 6.00. The Balaban J connectivity index is 1.93. The Morgan fingerprint density at radius 3 is 2.90 bits per heavy atom. The monoisotopic (exact) mass is 303 g/mol. The van der Waals surface area contributed by atoms with Crippen molar-refractivity contribution in [2.75, 3.05) is 31.1 Å². The molecule has 0 radical (unpaired) electrons. The Morgan fingerprint density at radius 1 is 1.48 bits per heavy atom. The third-order valence-corrected chi connectivity index (χ3v) is 4.35. The van der Waals surface area contributed by atoms with Gasteiger partial charge >= 0.3 is 0 Å². The molecule has 1 saturated heterocycles. The van der Waals surface area contributed by atoms with E-state index in [0.29, 0.717) is 11.4 Å². The standard InChI is InChI=1S/C16H21N3OS/c1-2-3-4-15(13-19-7-9-21-10-8-19)20-16-6-5-14(11-17)12-18-16/h2,5-6,12,15H,1,3-4,7-10,13H2/t15-/m0/s1. The van der Waals surface area contributed by atoms with Gasteiger partial charge < -0.3 is 4.74 Å². The highest BCUT2D eigenvalue weighted by Gasteiger charge is 2.18. The van der Waals surface area contributed by atoms with E-state index in [1.807, 2.05) is 17.8 Å². The van der Waals surface area contributed by atoms with Gasteiger partial charge in [-0.3, -0.25) is 4.90 Å². The summed E-state index contributed by atoms with van der Waals surface area (Å²) in [5.74, 6) is 2.99. The molecule has 2 rings (SSSR count). The van der Waals surface area contributed by atoms with Gasteiger partial charge in [-0.2, -0.15) is 17.0 Å². The Hall–Kier alpha value is -1.51. The van der Waals surface area contributed by atoms with Crippen LogP contribution in [-0.4, -0.2) is 47.1 Å². The van der Waals surface area contributed by atoms with Gasteiger partial charge in [0.15, 0.2) is 0 Å². The van der Waals surface area contributed by atoms with E-state index in [1.165, 1.54) is 11.5 Å². The molecule has 1 aliphatic rings. The summed E-state index contributed by atoms with van der Waals surface area (Å²) in [6.07, 6.45) is 5.47. The summed E-state index contributed by atoms with van der Waals surface area (Å²) in [7, 11) is 0. The molecule has 0 aromatic carbocycles. The van der Waals surface area contributed by atoms with Crippen LogP contribution in [0.25, 0.3) is 0 Å². The van der Waals surface area contributed by atoms with E-state index >= 15 is 0 Å². The van der Waals surface area contributed by atoms with E-state index in [2.05, 4.69) is 22.5 Å². The first kappa shape index (κ1) is 15.9. The average molecular weight is 303 g/mol. The van der Waals surface area contributed by atoms with Gasteiger partial charge in [0, 0.05) is 43.4 Å². The van der Waals surface area contributed by atoms with E-state index in [0.717, 1.165) is 32.5 Å². The molecule has 0 aliphatic carbocycles. The second kappa shape index (κ2) is 8.71. The number of aromatic nitrogens is 1. The van der Waals surface area contributed by atoms with E-state index < -0.39 is 0 Å². The highest BCUT2D eigenvalue weighted by Crippen LogP contribution is 2.15. The zero-order valence-corrected chi connectivity index (χ0v) is 13.0. The van der Waals surface area contributed by atoms with Crippen LogP contribution in [0.1, 0.15) is 18.4 Å². The fourth-order valence-corrected chi connectivity index (χ4v) is 3.23. The molecule has 1 aromatic rings. The molecular formula is C16H21N3OS. The molecule has 0 unspecified atom stereocenters. The topological polar surface area (TPSA) is 49.1 Å². The maximum absolute atomic E-state index is 8.79. The molecule has 21 heavy (non-hydrogen) atoms. The summed E-state index contributed by atoms with van der Waals surface area (Å²) in [6, 6.07) is 5.58. The van der Waals surface area contributed by atoms with Gasteiger partial charge in [0.1, 0.15) is 12.2 Å². The Labute approximate surface area is 130 Å². The number of hydrogen-bond acceptors (Lipinski definition) is 5. The quantitative estimate of drug-likeness (QED) is 0.725. The molecule has 1 fully saturated rings. The first-order valence-corrected chi connectivity index (χ1v) is 8.41. The molecular weight excluding hydrogens is 282 g/mol. The van der Waals surface area contributed by atoms with Crippen LogP contribution >= 0.6 is 11.8 Å².